The van der Waals surface area contributed by atoms with Gasteiger partial charge in [0.1, 0.15) is 6.54 Å². The van der Waals surface area contributed by atoms with Crippen LogP contribution in [0.25, 0.3) is 0 Å². The maximum atomic E-state index is 12.2. The predicted molar refractivity (Wildman–Crippen MR) is 106 cm³/mol. The van der Waals surface area contributed by atoms with Crippen LogP contribution in [-0.2, 0) is 17.8 Å². The maximum absolute atomic E-state index is 12.2. The molecule has 0 saturated carbocycles. The first-order valence-electron chi connectivity index (χ1n) is 9.02. The summed E-state index contributed by atoms with van der Waals surface area (Å²) in [7, 11) is 0. The summed E-state index contributed by atoms with van der Waals surface area (Å²) < 4.78 is 2.21. The van der Waals surface area contributed by atoms with Gasteiger partial charge >= 0.3 is 0 Å². The molecule has 0 spiro atoms. The van der Waals surface area contributed by atoms with E-state index in [-0.39, 0.29) is 24.1 Å². The number of benzene rings is 1. The van der Waals surface area contributed by atoms with E-state index in [1.807, 2.05) is 6.07 Å². The highest BCUT2D eigenvalue weighted by Gasteiger charge is 2.20. The van der Waals surface area contributed by atoms with Gasteiger partial charge in [0, 0.05) is 42.4 Å². The van der Waals surface area contributed by atoms with Gasteiger partial charge in [0.2, 0.25) is 5.91 Å². The van der Waals surface area contributed by atoms with Crippen LogP contribution in [0.15, 0.2) is 57.9 Å². The monoisotopic (exact) mass is 417 g/mol. The third-order valence-electron chi connectivity index (χ3n) is 4.77. The van der Waals surface area contributed by atoms with Crippen LogP contribution in [0.5, 0.6) is 0 Å². The molecule has 1 aliphatic heterocycles. The Balaban J connectivity index is 1.41. The zero-order valence-electron chi connectivity index (χ0n) is 14.7. The molecule has 1 amide bonds. The minimum atomic E-state index is -0.168. The summed E-state index contributed by atoms with van der Waals surface area (Å²) in [5.74, 6) is -0.104. The van der Waals surface area contributed by atoms with Crippen LogP contribution < -0.4 is 10.9 Å². The third-order valence-corrected chi connectivity index (χ3v) is 5.24. The molecule has 3 rings (SSSR count). The number of nitrogens with one attached hydrogen (secondary N) is 1. The van der Waals surface area contributed by atoms with E-state index in [2.05, 4.69) is 50.4 Å². The Morgan fingerprint density at radius 2 is 1.85 bits per heavy atom. The van der Waals surface area contributed by atoms with Gasteiger partial charge in [-0.25, -0.2) is 0 Å². The van der Waals surface area contributed by atoms with Gasteiger partial charge in [0.25, 0.3) is 5.56 Å². The second-order valence-electron chi connectivity index (χ2n) is 6.73. The van der Waals surface area contributed by atoms with Crippen molar-refractivity contribution in [2.24, 2.45) is 0 Å². The summed E-state index contributed by atoms with van der Waals surface area (Å²) in [5, 5.41) is 3.07. The van der Waals surface area contributed by atoms with E-state index < -0.39 is 0 Å². The van der Waals surface area contributed by atoms with E-state index in [1.165, 1.54) is 16.2 Å². The van der Waals surface area contributed by atoms with Crippen LogP contribution in [0.4, 0.5) is 0 Å². The van der Waals surface area contributed by atoms with Crippen molar-refractivity contribution < 1.29 is 4.79 Å². The number of hydrogen-bond donors (Lipinski definition) is 1. The second-order valence-corrected chi connectivity index (χ2v) is 7.65. The Bertz CT molecular complexity index is 783. The van der Waals surface area contributed by atoms with Gasteiger partial charge in [0.05, 0.1) is 0 Å². The average molecular weight is 418 g/mol. The summed E-state index contributed by atoms with van der Waals surface area (Å²) in [6.45, 7) is 3.10. The summed E-state index contributed by atoms with van der Waals surface area (Å²) in [6, 6.07) is 13.9. The normalized spacial score (nSPS) is 15.7. The minimum absolute atomic E-state index is 0.0620. The lowest BCUT2D eigenvalue weighted by Crippen LogP contribution is -2.46. The van der Waals surface area contributed by atoms with Crippen LogP contribution in [-0.4, -0.2) is 41.1 Å². The Hall–Kier alpha value is -1.92. The second kappa shape index (κ2) is 9.14. The van der Waals surface area contributed by atoms with Crippen LogP contribution in [0.1, 0.15) is 18.4 Å². The highest BCUT2D eigenvalue weighted by Crippen LogP contribution is 2.12. The van der Waals surface area contributed by atoms with E-state index >= 15 is 0 Å². The molecule has 0 radical (unpaired) electrons. The van der Waals surface area contributed by atoms with Crippen molar-refractivity contribution in [2.75, 3.05) is 19.6 Å². The standard InChI is InChI=1S/C20H24BrN3O2/c21-17-6-7-20(26)24(14-17)15-19(25)22-18-9-12-23(13-10-18)11-8-16-4-2-1-3-5-16/h1-7,14,18H,8-13,15H2,(H,22,25). The van der Waals surface area contributed by atoms with Gasteiger partial charge in [0.15, 0.2) is 0 Å². The SMILES string of the molecule is O=C(Cn1cc(Br)ccc1=O)NC1CCN(CCc2ccccc2)CC1. The molecule has 138 valence electrons. The number of likely N-dealkylation sites (tertiary alicyclic amines) is 1. The van der Waals surface area contributed by atoms with E-state index in [1.54, 1.807) is 12.3 Å². The number of piperidine rings is 1. The number of amides is 1. The number of nitrogens with zero attached hydrogens (tertiary/aromatic N) is 2. The van der Waals surface area contributed by atoms with Crippen molar-refractivity contribution in [3.63, 3.8) is 0 Å². The smallest absolute Gasteiger partial charge is 0.251 e. The zero-order valence-corrected chi connectivity index (χ0v) is 16.3. The lowest BCUT2D eigenvalue weighted by molar-refractivity contribution is -0.122. The molecule has 2 heterocycles. The molecule has 1 aliphatic rings. The van der Waals surface area contributed by atoms with Crippen molar-refractivity contribution in [1.82, 2.24) is 14.8 Å². The van der Waals surface area contributed by atoms with Crippen LogP contribution >= 0.6 is 15.9 Å². The van der Waals surface area contributed by atoms with Gasteiger partial charge in [-0.1, -0.05) is 30.3 Å². The molecule has 2 aromatic rings. The topological polar surface area (TPSA) is 54.3 Å². The molecule has 5 nitrogen and oxygen atoms in total. The van der Waals surface area contributed by atoms with Crippen molar-refractivity contribution in [1.29, 1.82) is 0 Å². The number of pyridine rings is 1. The largest absolute Gasteiger partial charge is 0.352 e. The molecule has 0 atom stereocenters. The van der Waals surface area contributed by atoms with Gasteiger partial charge < -0.3 is 14.8 Å². The van der Waals surface area contributed by atoms with Crippen molar-refractivity contribution in [3.8, 4) is 0 Å². The van der Waals surface area contributed by atoms with Gasteiger partial charge in [-0.2, -0.15) is 0 Å². The molecule has 26 heavy (non-hydrogen) atoms. The number of aromatic nitrogens is 1. The fraction of sp³-hybridized carbons (Fsp3) is 0.400. The number of carbonyl (C=O) groups is 1. The first kappa shape index (κ1) is 18.9. The zero-order chi connectivity index (χ0) is 18.4. The van der Waals surface area contributed by atoms with Crippen LogP contribution in [0, 0.1) is 0 Å². The minimum Gasteiger partial charge on any atom is -0.352 e. The first-order chi connectivity index (χ1) is 12.6. The van der Waals surface area contributed by atoms with Crippen molar-refractivity contribution in [3.05, 3.63) is 69.1 Å². The lowest BCUT2D eigenvalue weighted by atomic mass is 10.0. The molecule has 1 aromatic heterocycles. The van der Waals surface area contributed by atoms with Gasteiger partial charge in [-0.05, 0) is 46.8 Å². The summed E-state index contributed by atoms with van der Waals surface area (Å²) in [4.78, 5) is 26.5. The molecule has 6 heteroatoms. The highest BCUT2D eigenvalue weighted by molar-refractivity contribution is 9.10. The van der Waals surface area contributed by atoms with Gasteiger partial charge in [-0.15, -0.1) is 0 Å². The maximum Gasteiger partial charge on any atom is 0.251 e. The molecule has 1 aromatic carbocycles. The first-order valence-corrected chi connectivity index (χ1v) is 9.81. The van der Waals surface area contributed by atoms with E-state index in [0.717, 1.165) is 43.4 Å². The Kier molecular flexibility index (Phi) is 6.63. The fourth-order valence-electron chi connectivity index (χ4n) is 3.29. The molecule has 1 fully saturated rings. The van der Waals surface area contributed by atoms with Gasteiger partial charge in [-0.3, -0.25) is 9.59 Å². The molecule has 0 unspecified atom stereocenters. The Morgan fingerprint density at radius 1 is 1.12 bits per heavy atom. The molecular weight excluding hydrogens is 394 g/mol. The van der Waals surface area contributed by atoms with E-state index in [9.17, 15) is 9.59 Å². The van der Waals surface area contributed by atoms with Crippen LogP contribution in [0.2, 0.25) is 0 Å². The quantitative estimate of drug-likeness (QED) is 0.784. The Morgan fingerprint density at radius 3 is 2.58 bits per heavy atom. The predicted octanol–water partition coefficient (Wildman–Crippen LogP) is 2.43. The number of carbonyl (C=O) groups excluding carboxylic acids is 1. The molecule has 0 bridgehead atoms. The van der Waals surface area contributed by atoms with E-state index in [4.69, 9.17) is 0 Å². The average Bonchev–Trinajstić information content (AvgIpc) is 2.65. The number of hydrogen-bond acceptors (Lipinski definition) is 3. The van der Waals surface area contributed by atoms with Crippen LogP contribution in [0.3, 0.4) is 0 Å². The molecule has 0 aliphatic carbocycles. The third kappa shape index (κ3) is 5.54. The molecular formula is C20H24BrN3O2. The Labute approximate surface area is 162 Å². The number of rotatable bonds is 6. The lowest BCUT2D eigenvalue weighted by Gasteiger charge is -2.32. The van der Waals surface area contributed by atoms with Crippen molar-refractivity contribution in [2.45, 2.75) is 31.8 Å². The fourth-order valence-corrected chi connectivity index (χ4v) is 3.67. The number of halogens is 1. The summed E-state index contributed by atoms with van der Waals surface area (Å²) in [6.07, 6.45) is 4.61. The summed E-state index contributed by atoms with van der Waals surface area (Å²) in [5.41, 5.74) is 1.20. The van der Waals surface area contributed by atoms with E-state index in [0.29, 0.717) is 0 Å². The summed E-state index contributed by atoms with van der Waals surface area (Å²) >= 11 is 3.33. The molecule has 1 saturated heterocycles. The molecule has 1 N–H and O–H groups in total. The van der Waals surface area contributed by atoms with Crippen molar-refractivity contribution >= 4 is 21.8 Å². The highest BCUT2D eigenvalue weighted by atomic mass is 79.9.